The quantitative estimate of drug-likeness (QED) is 0.266. The van der Waals surface area contributed by atoms with Gasteiger partial charge in [0.05, 0.1) is 26.9 Å². The Morgan fingerprint density at radius 3 is 2.03 bits per heavy atom. The number of hydrogen-bond acceptors (Lipinski definition) is 8. The molecule has 5 rings (SSSR count). The van der Waals surface area contributed by atoms with Crippen molar-refractivity contribution in [2.75, 3.05) is 31.8 Å². The summed E-state index contributed by atoms with van der Waals surface area (Å²) in [5, 5.41) is 9.19. The molecule has 9 heteroatoms. The van der Waals surface area contributed by atoms with Crippen LogP contribution in [-0.2, 0) is 36.6 Å². The van der Waals surface area contributed by atoms with Crippen LogP contribution in [0, 0.1) is 5.41 Å². The van der Waals surface area contributed by atoms with Crippen molar-refractivity contribution in [3.05, 3.63) is 65.2 Å². The Labute approximate surface area is 196 Å². The summed E-state index contributed by atoms with van der Waals surface area (Å²) >= 11 is 0. The van der Waals surface area contributed by atoms with Crippen molar-refractivity contribution in [2.45, 2.75) is 12.8 Å². The van der Waals surface area contributed by atoms with Gasteiger partial charge in [-0.25, -0.2) is 4.79 Å². The van der Waals surface area contributed by atoms with Crippen LogP contribution in [0.2, 0.25) is 0 Å². The van der Waals surface area contributed by atoms with Crippen molar-refractivity contribution in [3.8, 4) is 0 Å². The molecule has 8 nitrogen and oxygen atoms in total. The van der Waals surface area contributed by atoms with Crippen LogP contribution in [0.5, 0.6) is 0 Å². The van der Waals surface area contributed by atoms with Gasteiger partial charge in [-0.2, -0.15) is 0 Å². The standard InChI is InChI=1S/C25H23BN2O6/c1-32-22(29)17-11-16(10-15-12-25(13-18(15)17,23(30)33-2)24(31)34-3)26-27-19-8-4-6-14-7-5-9-20(28-26)21(14)19/h4-11,27-28H,12-13H2,1-3H3. The summed E-state index contributed by atoms with van der Waals surface area (Å²) in [6, 6.07) is 15.7. The summed E-state index contributed by atoms with van der Waals surface area (Å²) in [4.78, 5) is 38.2. The molecular formula is C25H23BN2O6. The van der Waals surface area contributed by atoms with Crippen molar-refractivity contribution in [3.63, 3.8) is 0 Å². The van der Waals surface area contributed by atoms with Gasteiger partial charge in [0.25, 0.3) is 0 Å². The van der Waals surface area contributed by atoms with Gasteiger partial charge in [0.2, 0.25) is 0 Å². The first-order valence-electron chi connectivity index (χ1n) is 10.9. The van der Waals surface area contributed by atoms with Crippen LogP contribution in [0.3, 0.4) is 0 Å². The molecule has 0 saturated heterocycles. The molecule has 34 heavy (non-hydrogen) atoms. The second-order valence-corrected chi connectivity index (χ2v) is 8.55. The van der Waals surface area contributed by atoms with E-state index >= 15 is 0 Å². The van der Waals surface area contributed by atoms with E-state index in [1.807, 2.05) is 30.3 Å². The Kier molecular flexibility index (Phi) is 5.19. The van der Waals surface area contributed by atoms with Crippen molar-refractivity contribution in [1.29, 1.82) is 0 Å². The number of methoxy groups -OCH3 is 3. The fraction of sp³-hybridized carbons (Fsp3) is 0.240. The predicted molar refractivity (Wildman–Crippen MR) is 128 cm³/mol. The van der Waals surface area contributed by atoms with Gasteiger partial charge in [-0.15, -0.1) is 0 Å². The zero-order valence-corrected chi connectivity index (χ0v) is 19.1. The fourth-order valence-corrected chi connectivity index (χ4v) is 5.13. The Bertz CT molecular complexity index is 1300. The Morgan fingerprint density at radius 1 is 0.853 bits per heavy atom. The highest BCUT2D eigenvalue weighted by molar-refractivity contribution is 6.80. The van der Waals surface area contributed by atoms with E-state index in [4.69, 9.17) is 14.2 Å². The lowest BCUT2D eigenvalue weighted by atomic mass is 9.65. The van der Waals surface area contributed by atoms with Gasteiger partial charge in [-0.05, 0) is 46.6 Å². The Hall–Kier alpha value is -4.01. The molecule has 0 bridgehead atoms. The van der Waals surface area contributed by atoms with Gasteiger partial charge in [0, 0.05) is 23.2 Å². The lowest BCUT2D eigenvalue weighted by Crippen LogP contribution is -2.48. The molecule has 172 valence electrons. The highest BCUT2D eigenvalue weighted by Gasteiger charge is 2.53. The summed E-state index contributed by atoms with van der Waals surface area (Å²) < 4.78 is 14.9. The van der Waals surface area contributed by atoms with Crippen LogP contribution < -0.4 is 15.9 Å². The molecule has 1 heterocycles. The summed E-state index contributed by atoms with van der Waals surface area (Å²) in [6.07, 6.45) is 0.0679. The molecule has 1 aliphatic heterocycles. The first kappa shape index (κ1) is 21.8. The zero-order chi connectivity index (χ0) is 24.0. The predicted octanol–water partition coefficient (Wildman–Crippen LogP) is 2.29. The molecule has 0 radical (unpaired) electrons. The Morgan fingerprint density at radius 2 is 1.47 bits per heavy atom. The monoisotopic (exact) mass is 458 g/mol. The normalized spacial score (nSPS) is 15.1. The fourth-order valence-electron chi connectivity index (χ4n) is 5.13. The van der Waals surface area contributed by atoms with E-state index in [0.717, 1.165) is 27.6 Å². The number of anilines is 2. The van der Waals surface area contributed by atoms with E-state index in [-0.39, 0.29) is 19.8 Å². The second kappa shape index (κ2) is 8.09. The third-order valence-corrected chi connectivity index (χ3v) is 6.73. The molecule has 0 amide bonds. The maximum Gasteiger partial charge on any atom is 0.406 e. The minimum Gasteiger partial charge on any atom is -0.468 e. The van der Waals surface area contributed by atoms with Gasteiger partial charge in [0.15, 0.2) is 5.41 Å². The third-order valence-electron chi connectivity index (χ3n) is 6.73. The van der Waals surface area contributed by atoms with Crippen LogP contribution in [0.15, 0.2) is 48.5 Å². The summed E-state index contributed by atoms with van der Waals surface area (Å²) in [5.41, 5.74) is 2.77. The van der Waals surface area contributed by atoms with Crippen molar-refractivity contribution < 1.29 is 28.6 Å². The van der Waals surface area contributed by atoms with Gasteiger partial charge in [-0.3, -0.25) is 9.59 Å². The van der Waals surface area contributed by atoms with Gasteiger partial charge in [-0.1, -0.05) is 30.3 Å². The van der Waals surface area contributed by atoms with Gasteiger partial charge in [0.1, 0.15) is 0 Å². The zero-order valence-electron chi connectivity index (χ0n) is 19.1. The van der Waals surface area contributed by atoms with Gasteiger partial charge >= 0.3 is 24.9 Å². The van der Waals surface area contributed by atoms with Crippen molar-refractivity contribution >= 4 is 52.5 Å². The maximum atomic E-state index is 12.8. The summed E-state index contributed by atoms with van der Waals surface area (Å²) in [7, 11) is 3.77. The summed E-state index contributed by atoms with van der Waals surface area (Å²) in [6.45, 7) is -0.347. The Balaban J connectivity index is 1.60. The number of benzene rings is 3. The molecule has 1 aliphatic carbocycles. The van der Waals surface area contributed by atoms with Gasteiger partial charge < -0.3 is 24.7 Å². The summed E-state index contributed by atoms with van der Waals surface area (Å²) in [5.74, 6) is -1.92. The number of rotatable bonds is 4. The molecule has 3 aromatic rings. The molecule has 0 atom stereocenters. The highest BCUT2D eigenvalue weighted by atomic mass is 16.5. The molecule has 0 fully saturated rings. The number of esters is 3. The van der Waals surface area contributed by atoms with Crippen molar-refractivity contribution in [1.82, 2.24) is 0 Å². The van der Waals surface area contributed by atoms with E-state index in [9.17, 15) is 14.4 Å². The third kappa shape index (κ3) is 3.19. The number of fused-ring (bicyclic) bond motifs is 1. The van der Waals surface area contributed by atoms with Crippen LogP contribution in [0.1, 0.15) is 21.5 Å². The number of ether oxygens (including phenoxy) is 3. The van der Waals surface area contributed by atoms with Crippen molar-refractivity contribution in [2.24, 2.45) is 5.41 Å². The van der Waals surface area contributed by atoms with E-state index in [2.05, 4.69) is 22.6 Å². The van der Waals surface area contributed by atoms with Crippen LogP contribution in [-0.4, -0.2) is 46.2 Å². The molecule has 2 N–H and O–H groups in total. The molecular weight excluding hydrogens is 435 g/mol. The van der Waals surface area contributed by atoms with E-state index < -0.39 is 23.3 Å². The van der Waals surface area contributed by atoms with Crippen LogP contribution >= 0.6 is 0 Å². The molecule has 3 aromatic carbocycles. The first-order valence-corrected chi connectivity index (χ1v) is 10.9. The smallest absolute Gasteiger partial charge is 0.406 e. The molecule has 0 aromatic heterocycles. The topological polar surface area (TPSA) is 103 Å². The highest BCUT2D eigenvalue weighted by Crippen LogP contribution is 2.41. The van der Waals surface area contributed by atoms with Crippen LogP contribution in [0.4, 0.5) is 11.4 Å². The molecule has 2 aliphatic rings. The average molecular weight is 458 g/mol. The lowest BCUT2D eigenvalue weighted by molar-refractivity contribution is -0.168. The first-order chi connectivity index (χ1) is 16.4. The van der Waals surface area contributed by atoms with E-state index in [1.165, 1.54) is 21.3 Å². The average Bonchev–Trinajstić information content (AvgIpc) is 3.27. The van der Waals surface area contributed by atoms with E-state index in [1.54, 1.807) is 6.07 Å². The SMILES string of the molecule is COC(=O)c1cc(B2Nc3cccc4cccc(c34)N2)cc2c1CC(C(=O)OC)(C(=O)OC)C2. The van der Waals surface area contributed by atoms with E-state index in [0.29, 0.717) is 16.7 Å². The minimum atomic E-state index is -1.54. The van der Waals surface area contributed by atoms with Crippen LogP contribution in [0.25, 0.3) is 10.8 Å². The maximum absolute atomic E-state index is 12.8. The minimum absolute atomic E-state index is 0.0000576. The molecule has 0 unspecified atom stereocenters. The number of nitrogens with one attached hydrogen (secondary N) is 2. The number of carbonyl (C=O) groups excluding carboxylic acids is 3. The largest absolute Gasteiger partial charge is 0.468 e. The molecule has 0 spiro atoms. The second-order valence-electron chi connectivity index (χ2n) is 8.55. The molecule has 0 saturated carbocycles. The number of hydrogen-bond donors (Lipinski definition) is 2. The number of carbonyl (C=O) groups is 3. The lowest BCUT2D eigenvalue weighted by Gasteiger charge is -2.27.